The lowest BCUT2D eigenvalue weighted by Crippen LogP contribution is -1.76. The highest BCUT2D eigenvalue weighted by atomic mass is 32.2. The van der Waals surface area contributed by atoms with Gasteiger partial charge in [-0.25, -0.2) is 0 Å². The second kappa shape index (κ2) is 3.94. The third-order valence-electron chi connectivity index (χ3n) is 1.79. The topological polar surface area (TPSA) is 12.9 Å². The highest BCUT2D eigenvalue weighted by Crippen LogP contribution is 2.34. The van der Waals surface area contributed by atoms with Gasteiger partial charge in [0, 0.05) is 23.5 Å². The number of hydrogen-bond donors (Lipinski definition) is 0. The van der Waals surface area contributed by atoms with E-state index < -0.39 is 0 Å². The van der Waals surface area contributed by atoms with Crippen molar-refractivity contribution >= 4 is 23.1 Å². The van der Waals surface area contributed by atoms with E-state index in [0.717, 1.165) is 0 Å². The van der Waals surface area contributed by atoms with Crippen LogP contribution in [-0.4, -0.2) is 11.2 Å². The summed E-state index contributed by atoms with van der Waals surface area (Å²) < 4.78 is 1.35. The molecule has 0 atom stereocenters. The van der Waals surface area contributed by atoms with Gasteiger partial charge in [0.25, 0.3) is 0 Å². The van der Waals surface area contributed by atoms with E-state index >= 15 is 0 Å². The zero-order chi connectivity index (χ0) is 9.10. The largest absolute Gasteiger partial charge is 0.264 e. The van der Waals surface area contributed by atoms with Crippen molar-refractivity contribution in [3.05, 3.63) is 36.0 Å². The number of nitrogens with zero attached hydrogens (tertiary/aromatic N) is 1. The van der Waals surface area contributed by atoms with Gasteiger partial charge >= 0.3 is 0 Å². The molecule has 2 aromatic rings. The van der Waals surface area contributed by atoms with Crippen LogP contribution in [-0.2, 0) is 0 Å². The summed E-state index contributed by atoms with van der Waals surface area (Å²) in [6.07, 6.45) is 5.81. The fourth-order valence-electron chi connectivity index (χ4n) is 1.19. The van der Waals surface area contributed by atoms with E-state index in [2.05, 4.69) is 28.8 Å². The van der Waals surface area contributed by atoms with Crippen molar-refractivity contribution in [2.45, 2.75) is 4.21 Å². The molecule has 3 heteroatoms. The average Bonchev–Trinajstić information content (AvgIpc) is 2.67. The number of thioether (sulfide) groups is 1. The molecule has 66 valence electrons. The minimum Gasteiger partial charge on any atom is -0.264 e. The Hall–Kier alpha value is -0.800. The minimum absolute atomic E-state index is 1.20. The maximum atomic E-state index is 4.11. The number of aromatic nitrogens is 1. The van der Waals surface area contributed by atoms with Crippen molar-refractivity contribution in [3.8, 4) is 11.1 Å². The molecule has 13 heavy (non-hydrogen) atoms. The van der Waals surface area contributed by atoms with Gasteiger partial charge in [0.2, 0.25) is 0 Å². The molecule has 0 radical (unpaired) electrons. The molecule has 2 aromatic heterocycles. The normalized spacial score (nSPS) is 10.2. The van der Waals surface area contributed by atoms with Crippen molar-refractivity contribution in [3.63, 3.8) is 0 Å². The fraction of sp³-hybridized carbons (Fsp3) is 0.100. The number of thiophene rings is 1. The Balaban J connectivity index is 2.47. The van der Waals surface area contributed by atoms with Crippen LogP contribution in [0.3, 0.4) is 0 Å². The zero-order valence-corrected chi connectivity index (χ0v) is 8.86. The summed E-state index contributed by atoms with van der Waals surface area (Å²) in [7, 11) is 0. The molecule has 0 aliphatic rings. The van der Waals surface area contributed by atoms with E-state index in [1.54, 1.807) is 29.3 Å². The molecule has 0 aromatic carbocycles. The summed E-state index contributed by atoms with van der Waals surface area (Å²) in [5.41, 5.74) is 2.50. The molecule has 0 unspecified atom stereocenters. The summed E-state index contributed by atoms with van der Waals surface area (Å²) in [6, 6.07) is 6.21. The van der Waals surface area contributed by atoms with Crippen LogP contribution >= 0.6 is 23.1 Å². The first-order chi connectivity index (χ1) is 6.42. The minimum atomic E-state index is 1.20. The number of pyridine rings is 1. The van der Waals surface area contributed by atoms with E-state index in [9.17, 15) is 0 Å². The molecular formula is C10H9NS2. The summed E-state index contributed by atoms with van der Waals surface area (Å²) in [5.74, 6) is 0. The number of hydrogen-bond acceptors (Lipinski definition) is 3. The second-order valence-corrected chi connectivity index (χ2v) is 4.56. The molecule has 0 bridgehead atoms. The maximum absolute atomic E-state index is 4.11. The van der Waals surface area contributed by atoms with Crippen molar-refractivity contribution in [2.75, 3.05) is 6.26 Å². The highest BCUT2D eigenvalue weighted by Gasteiger charge is 2.04. The predicted molar refractivity (Wildman–Crippen MR) is 59.3 cm³/mol. The van der Waals surface area contributed by atoms with Crippen LogP contribution in [0.5, 0.6) is 0 Å². The molecule has 2 rings (SSSR count). The first kappa shape index (κ1) is 8.78. The molecule has 0 aliphatic carbocycles. The van der Waals surface area contributed by atoms with E-state index in [1.807, 2.05) is 12.3 Å². The Morgan fingerprint density at radius 2 is 2.31 bits per heavy atom. The lowest BCUT2D eigenvalue weighted by Gasteiger charge is -1.99. The van der Waals surface area contributed by atoms with Crippen LogP contribution in [0.2, 0.25) is 0 Å². The van der Waals surface area contributed by atoms with E-state index in [4.69, 9.17) is 0 Å². The Morgan fingerprint density at radius 3 is 3.00 bits per heavy atom. The lowest BCUT2D eigenvalue weighted by atomic mass is 10.2. The summed E-state index contributed by atoms with van der Waals surface area (Å²) in [5, 5.41) is 2.12. The second-order valence-electron chi connectivity index (χ2n) is 2.57. The van der Waals surface area contributed by atoms with Crippen molar-refractivity contribution in [1.82, 2.24) is 4.98 Å². The van der Waals surface area contributed by atoms with Crippen LogP contribution < -0.4 is 0 Å². The predicted octanol–water partition coefficient (Wildman–Crippen LogP) is 3.53. The quantitative estimate of drug-likeness (QED) is 0.699. The smallest absolute Gasteiger partial charge is 0.0674 e. The van der Waals surface area contributed by atoms with E-state index in [-0.39, 0.29) is 0 Å². The fourth-order valence-corrected chi connectivity index (χ4v) is 2.79. The highest BCUT2D eigenvalue weighted by molar-refractivity contribution is 8.00. The molecule has 0 N–H and O–H groups in total. The molecule has 0 amide bonds. The molecule has 0 fully saturated rings. The summed E-state index contributed by atoms with van der Waals surface area (Å²) in [4.78, 5) is 4.11. The summed E-state index contributed by atoms with van der Waals surface area (Å²) >= 11 is 3.57. The third kappa shape index (κ3) is 1.76. The van der Waals surface area contributed by atoms with E-state index in [1.165, 1.54) is 15.3 Å². The Kier molecular flexibility index (Phi) is 2.66. The lowest BCUT2D eigenvalue weighted by molar-refractivity contribution is 1.33. The molecule has 2 heterocycles. The van der Waals surface area contributed by atoms with Gasteiger partial charge < -0.3 is 0 Å². The van der Waals surface area contributed by atoms with Gasteiger partial charge in [-0.2, -0.15) is 0 Å². The average molecular weight is 207 g/mol. The van der Waals surface area contributed by atoms with Crippen LogP contribution in [0, 0.1) is 0 Å². The SMILES string of the molecule is CSc1sccc1-c1cccnc1. The van der Waals surface area contributed by atoms with Crippen LogP contribution in [0.25, 0.3) is 11.1 Å². The maximum Gasteiger partial charge on any atom is 0.0674 e. The van der Waals surface area contributed by atoms with Crippen molar-refractivity contribution in [1.29, 1.82) is 0 Å². The van der Waals surface area contributed by atoms with Crippen LogP contribution in [0.15, 0.2) is 40.2 Å². The van der Waals surface area contributed by atoms with Gasteiger partial charge in [0.15, 0.2) is 0 Å². The van der Waals surface area contributed by atoms with Crippen LogP contribution in [0.1, 0.15) is 0 Å². The molecular weight excluding hydrogens is 198 g/mol. The first-order valence-corrected chi connectivity index (χ1v) is 6.04. The number of rotatable bonds is 2. The van der Waals surface area contributed by atoms with Gasteiger partial charge in [-0.3, -0.25) is 4.98 Å². The van der Waals surface area contributed by atoms with Gasteiger partial charge in [0.1, 0.15) is 0 Å². The molecule has 1 nitrogen and oxygen atoms in total. The third-order valence-corrected chi connectivity index (χ3v) is 3.87. The summed E-state index contributed by atoms with van der Waals surface area (Å²) in [6.45, 7) is 0. The molecule has 0 aliphatic heterocycles. The van der Waals surface area contributed by atoms with E-state index in [0.29, 0.717) is 0 Å². The van der Waals surface area contributed by atoms with Crippen molar-refractivity contribution < 1.29 is 0 Å². The Morgan fingerprint density at radius 1 is 1.38 bits per heavy atom. The van der Waals surface area contributed by atoms with Gasteiger partial charge in [-0.1, -0.05) is 6.07 Å². The van der Waals surface area contributed by atoms with Crippen LogP contribution in [0.4, 0.5) is 0 Å². The first-order valence-electron chi connectivity index (χ1n) is 3.93. The van der Waals surface area contributed by atoms with Gasteiger partial charge in [0.05, 0.1) is 4.21 Å². The van der Waals surface area contributed by atoms with Gasteiger partial charge in [-0.05, 0) is 23.8 Å². The van der Waals surface area contributed by atoms with Crippen molar-refractivity contribution in [2.24, 2.45) is 0 Å². The monoisotopic (exact) mass is 207 g/mol. The molecule has 0 spiro atoms. The Bertz CT molecular complexity index is 381. The zero-order valence-electron chi connectivity index (χ0n) is 7.23. The molecule has 0 saturated carbocycles. The van der Waals surface area contributed by atoms with Gasteiger partial charge in [-0.15, -0.1) is 23.1 Å². The standard InChI is InChI=1S/C10H9NS2/c1-12-10-9(4-6-13-10)8-3-2-5-11-7-8/h2-7H,1H3. The Labute approximate surface area is 85.8 Å². The molecule has 0 saturated heterocycles.